The number of carbonyl (C=O) groups is 3. The van der Waals surface area contributed by atoms with Crippen molar-refractivity contribution in [2.75, 3.05) is 59.6 Å². The van der Waals surface area contributed by atoms with Gasteiger partial charge in [-0.15, -0.1) is 0 Å². The summed E-state index contributed by atoms with van der Waals surface area (Å²) < 4.78 is 64.1. The summed E-state index contributed by atoms with van der Waals surface area (Å²) in [5, 5.41) is 2.34. The topological polar surface area (TPSA) is 128 Å². The summed E-state index contributed by atoms with van der Waals surface area (Å²) in [6, 6.07) is 18.8. The van der Waals surface area contributed by atoms with E-state index >= 15 is 0 Å². The number of benzene rings is 3. The largest absolute Gasteiger partial charge is 0.497 e. The summed E-state index contributed by atoms with van der Waals surface area (Å²) in [5.74, 6) is 0.501. The van der Waals surface area contributed by atoms with Crippen LogP contribution in [0, 0.1) is 11.3 Å². The molecule has 376 valence electrons. The number of fused-ring (bicyclic) bond motifs is 4. The van der Waals surface area contributed by atoms with Gasteiger partial charge in [-0.25, -0.2) is 4.79 Å². The lowest BCUT2D eigenvalue weighted by Gasteiger charge is -2.46. The number of hydrogen-bond donors (Lipinski definition) is 1. The maximum Gasteiger partial charge on any atom is 0.395 e. The van der Waals surface area contributed by atoms with Crippen LogP contribution in [0.3, 0.4) is 0 Å². The van der Waals surface area contributed by atoms with Gasteiger partial charge < -0.3 is 19.1 Å². The van der Waals surface area contributed by atoms with Crippen LogP contribution >= 0.6 is 0 Å². The first-order valence-electron chi connectivity index (χ1n) is 24.8. The number of alkyl halides is 3. The van der Waals surface area contributed by atoms with Crippen LogP contribution in [0.4, 0.5) is 13.2 Å². The number of aryl methyl sites for hydroxylation is 1. The molecule has 16 heteroatoms. The Kier molecular flexibility index (Phi) is 13.6. The predicted octanol–water partition coefficient (Wildman–Crippen LogP) is 8.04. The summed E-state index contributed by atoms with van der Waals surface area (Å²) in [4.78, 5) is 58.6. The molecule has 5 heterocycles. The molecule has 3 amide bonds. The van der Waals surface area contributed by atoms with Crippen LogP contribution in [0.15, 0.2) is 71.5 Å². The summed E-state index contributed by atoms with van der Waals surface area (Å²) in [6.45, 7) is 11.2. The molecule has 70 heavy (non-hydrogen) atoms. The molecule has 5 aliphatic rings. The average Bonchev–Trinajstić information content (AvgIpc) is 3.48. The van der Waals surface area contributed by atoms with Crippen molar-refractivity contribution < 1.29 is 41.8 Å². The normalized spacial score (nSPS) is 24.4. The zero-order valence-corrected chi connectivity index (χ0v) is 41.3. The highest BCUT2D eigenvalue weighted by Crippen LogP contribution is 2.46. The van der Waals surface area contributed by atoms with Crippen molar-refractivity contribution in [1.29, 1.82) is 0 Å². The van der Waals surface area contributed by atoms with E-state index in [1.165, 1.54) is 28.6 Å². The average molecular weight is 969 g/mol. The lowest BCUT2D eigenvalue weighted by atomic mass is 9.67. The summed E-state index contributed by atoms with van der Waals surface area (Å²) in [5.41, 5.74) is 2.91. The van der Waals surface area contributed by atoms with Crippen molar-refractivity contribution >= 4 is 34.3 Å². The Morgan fingerprint density at radius 1 is 0.943 bits per heavy atom. The number of piperidine rings is 1. The van der Waals surface area contributed by atoms with Crippen molar-refractivity contribution in [3.05, 3.63) is 99.5 Å². The molecule has 4 aromatic rings. The van der Waals surface area contributed by atoms with Gasteiger partial charge in [0.15, 0.2) is 5.75 Å². The van der Waals surface area contributed by atoms with Crippen molar-refractivity contribution in [2.24, 2.45) is 18.4 Å². The van der Waals surface area contributed by atoms with Crippen LogP contribution in [-0.2, 0) is 33.3 Å². The highest BCUT2D eigenvalue weighted by atomic mass is 19.4. The first-order chi connectivity index (χ1) is 33.2. The number of piperazine rings is 1. The van der Waals surface area contributed by atoms with E-state index in [1.54, 1.807) is 26.3 Å². The van der Waals surface area contributed by atoms with E-state index < -0.39 is 29.2 Å². The molecule has 13 nitrogen and oxygen atoms in total. The Morgan fingerprint density at radius 2 is 1.70 bits per heavy atom. The number of carbonyl (C=O) groups excluding carboxylic acids is 3. The minimum atomic E-state index is -4.35. The molecule has 0 spiro atoms. The van der Waals surface area contributed by atoms with Gasteiger partial charge in [0, 0.05) is 64.8 Å². The van der Waals surface area contributed by atoms with Crippen LogP contribution in [0.5, 0.6) is 11.5 Å². The van der Waals surface area contributed by atoms with Crippen LogP contribution in [0.25, 0.3) is 16.6 Å². The third-order valence-electron chi connectivity index (χ3n) is 15.8. The minimum absolute atomic E-state index is 0.120. The fraction of sp³-hybridized carbons (Fsp3) is 0.556. The maximum atomic E-state index is 14.4. The van der Waals surface area contributed by atoms with E-state index in [0.717, 1.165) is 67.6 Å². The second-order valence-corrected chi connectivity index (χ2v) is 21.7. The fourth-order valence-electron chi connectivity index (χ4n) is 11.8. The van der Waals surface area contributed by atoms with Crippen LogP contribution in [0.2, 0.25) is 0 Å². The number of allylic oxidation sites excluding steroid dienone is 2. The molecule has 3 aromatic carbocycles. The lowest BCUT2D eigenvalue weighted by Crippen LogP contribution is -2.57. The lowest BCUT2D eigenvalue weighted by molar-refractivity contribution is -0.217. The van der Waals surface area contributed by atoms with E-state index in [0.29, 0.717) is 67.5 Å². The fourth-order valence-corrected chi connectivity index (χ4v) is 11.8. The number of rotatable bonds is 13. The van der Waals surface area contributed by atoms with E-state index in [2.05, 4.69) is 66.5 Å². The highest BCUT2D eigenvalue weighted by molar-refractivity contribution is 6.04. The Hall–Kier alpha value is -5.45. The monoisotopic (exact) mass is 969 g/mol. The van der Waals surface area contributed by atoms with Gasteiger partial charge in [0.25, 0.3) is 5.91 Å². The summed E-state index contributed by atoms with van der Waals surface area (Å²) >= 11 is 0. The second-order valence-electron chi connectivity index (χ2n) is 21.7. The Morgan fingerprint density at radius 3 is 2.37 bits per heavy atom. The van der Waals surface area contributed by atoms with Gasteiger partial charge in [0.05, 0.1) is 35.2 Å². The number of methoxy groups -OCH3 is 1. The number of imidazole rings is 1. The molecule has 0 bridgehead atoms. The zero-order valence-electron chi connectivity index (χ0n) is 41.3. The second kappa shape index (κ2) is 19.3. The minimum Gasteiger partial charge on any atom is -0.497 e. The van der Waals surface area contributed by atoms with Crippen LogP contribution in [-0.4, -0.2) is 119 Å². The van der Waals surface area contributed by atoms with Gasteiger partial charge in [-0.3, -0.25) is 38.6 Å². The first-order valence-corrected chi connectivity index (χ1v) is 24.8. The van der Waals surface area contributed by atoms with E-state index in [9.17, 15) is 32.3 Å². The van der Waals surface area contributed by atoms with Gasteiger partial charge >= 0.3 is 11.9 Å². The maximum absolute atomic E-state index is 14.4. The number of ether oxygens (including phenoxy) is 3. The Labute approximate surface area is 407 Å². The predicted molar refractivity (Wildman–Crippen MR) is 261 cm³/mol. The van der Waals surface area contributed by atoms with Gasteiger partial charge in [-0.1, -0.05) is 42.5 Å². The van der Waals surface area contributed by atoms with Crippen molar-refractivity contribution in [1.82, 2.24) is 29.2 Å². The highest BCUT2D eigenvalue weighted by Gasteiger charge is 2.49. The smallest absolute Gasteiger partial charge is 0.395 e. The molecule has 1 N–H and O–H groups in total. The van der Waals surface area contributed by atoms with Crippen LogP contribution < -0.4 is 20.5 Å². The molecule has 0 radical (unpaired) electrons. The van der Waals surface area contributed by atoms with Gasteiger partial charge in [-0.2, -0.15) is 13.2 Å². The van der Waals surface area contributed by atoms with Gasteiger partial charge in [0.2, 0.25) is 11.8 Å². The summed E-state index contributed by atoms with van der Waals surface area (Å²) in [7, 11) is 3.25. The Balaban J connectivity index is 0.833. The number of aromatic nitrogens is 2. The number of nitrogens with one attached hydrogen (secondary N) is 1. The molecule has 1 unspecified atom stereocenters. The number of hydrogen-bond acceptors (Lipinski definition) is 9. The molecular weight excluding hydrogens is 902 g/mol. The van der Waals surface area contributed by atoms with E-state index in [-0.39, 0.29) is 54.9 Å². The number of imide groups is 1. The quantitative estimate of drug-likeness (QED) is 0.133. The molecule has 4 aliphatic heterocycles. The van der Waals surface area contributed by atoms with E-state index in [1.807, 2.05) is 21.9 Å². The Bertz CT molecular complexity index is 2710. The van der Waals surface area contributed by atoms with Crippen molar-refractivity contribution in [3.63, 3.8) is 0 Å². The summed E-state index contributed by atoms with van der Waals surface area (Å²) in [6.07, 6.45) is 3.39. The first kappa shape index (κ1) is 49.5. The SMILES string of the molecule is COc1ccc([C@]2(CCN(Cc3ccc(C4=CC[C@H](CN5CCN6C(=O)c7ccc8c(c7OC[C@@H]6C5)n(C)c(=O)n8C5CCC(=O)NC5=O)CC4)cc3)CC(C)(C)C(F)(F)F)CCOC(C)(C)C2)cc1. The molecule has 1 aliphatic carbocycles. The third kappa shape index (κ3) is 9.92. The molecular formula is C54H67F3N6O7. The van der Waals surface area contributed by atoms with Gasteiger partial charge in [0.1, 0.15) is 23.9 Å². The molecule has 4 atom stereocenters. The number of amides is 3. The molecule has 0 saturated carbocycles. The molecule has 1 aromatic heterocycles. The van der Waals surface area contributed by atoms with Crippen LogP contribution in [0.1, 0.15) is 112 Å². The molecule has 3 saturated heterocycles. The third-order valence-corrected chi connectivity index (χ3v) is 15.8. The van der Waals surface area contributed by atoms with Crippen molar-refractivity contribution in [2.45, 2.75) is 115 Å². The number of halogens is 3. The van der Waals surface area contributed by atoms with Crippen molar-refractivity contribution in [3.8, 4) is 11.5 Å². The van der Waals surface area contributed by atoms with Gasteiger partial charge in [-0.05, 0) is 132 Å². The zero-order chi connectivity index (χ0) is 49.8. The molecule has 9 rings (SSSR count). The molecule has 3 fully saturated rings. The standard InChI is InChI=1S/C54H67F3N6O7/c1-51(2,54(55,56)57)34-61(25-23-53(24-28-70-52(3,4)33-53)39-15-17-41(68-6)18-16-39)30-36-9-13-38(14-10-36)37-11-7-35(8-12-37)29-60-26-27-62-40(31-60)32-69-47-42(49(62)66)19-20-43-46(47)59(5)50(67)63(43)44-21-22-45(64)58-48(44)65/h9-11,13-20,35,40,44H,7-8,12,21-34H2,1-6H3,(H,58,64,65)/t35-,40-,44?,53+/m0/s1. The number of nitrogens with zero attached hydrogens (tertiary/aromatic N) is 5. The van der Waals surface area contributed by atoms with E-state index in [4.69, 9.17) is 14.2 Å².